The van der Waals surface area contributed by atoms with E-state index in [0.29, 0.717) is 25.6 Å². The molecule has 1 aromatic rings. The van der Waals surface area contributed by atoms with E-state index in [1.54, 1.807) is 4.90 Å². The summed E-state index contributed by atoms with van der Waals surface area (Å²) in [5.41, 5.74) is 6.99. The largest absolute Gasteiger partial charge is 0.445 e. The number of nitrogens with two attached hydrogens (primary N) is 1. The summed E-state index contributed by atoms with van der Waals surface area (Å²) in [4.78, 5) is 28.7. The maximum atomic E-state index is 12.6. The second-order valence-electron chi connectivity index (χ2n) is 8.32. The molecule has 0 radical (unpaired) electrons. The van der Waals surface area contributed by atoms with Crippen molar-refractivity contribution in [3.63, 3.8) is 0 Å². The highest BCUT2D eigenvalue weighted by atomic mass is 16.6. The second kappa shape index (κ2) is 10.5. The summed E-state index contributed by atoms with van der Waals surface area (Å²) in [6, 6.07) is 9.34. The minimum Gasteiger partial charge on any atom is -0.445 e. The maximum absolute atomic E-state index is 12.6. The molecule has 1 heterocycles. The second-order valence-corrected chi connectivity index (χ2v) is 8.32. The fraction of sp³-hybridized carbons (Fsp3) is 0.636. The fourth-order valence-electron chi connectivity index (χ4n) is 3.41. The van der Waals surface area contributed by atoms with Gasteiger partial charge < -0.3 is 20.3 Å². The number of likely N-dealkylation sites (tertiary alicyclic amines) is 1. The van der Waals surface area contributed by atoms with Gasteiger partial charge in [-0.2, -0.15) is 0 Å². The fourth-order valence-corrected chi connectivity index (χ4v) is 3.41. The summed E-state index contributed by atoms with van der Waals surface area (Å²) < 4.78 is 5.52. The van der Waals surface area contributed by atoms with Gasteiger partial charge in [0.05, 0.1) is 6.04 Å². The highest BCUT2D eigenvalue weighted by Crippen LogP contribution is 2.21. The molecule has 0 saturated carbocycles. The zero-order valence-corrected chi connectivity index (χ0v) is 17.6. The van der Waals surface area contributed by atoms with Crippen LogP contribution in [0.15, 0.2) is 30.3 Å². The van der Waals surface area contributed by atoms with Gasteiger partial charge in [0.1, 0.15) is 6.61 Å². The predicted octanol–water partition coefficient (Wildman–Crippen LogP) is 3.26. The van der Waals surface area contributed by atoms with Crippen molar-refractivity contribution >= 4 is 12.0 Å². The summed E-state index contributed by atoms with van der Waals surface area (Å²) in [6.45, 7) is 10.3. The Kier molecular flexibility index (Phi) is 8.30. The standard InChI is InChI=1S/C22H35N3O3/c1-16(2)20(23)21(26)24-12-10-18(11-13-24)14-25(17(3)4)22(27)28-15-19-8-6-5-7-9-19/h5-9,16-18,20H,10-15,23H2,1-4H3. The van der Waals surface area contributed by atoms with E-state index in [0.717, 1.165) is 18.4 Å². The molecule has 1 aliphatic rings. The van der Waals surface area contributed by atoms with Gasteiger partial charge in [0.25, 0.3) is 0 Å². The number of amides is 2. The molecule has 1 saturated heterocycles. The zero-order valence-electron chi connectivity index (χ0n) is 17.6. The van der Waals surface area contributed by atoms with Crippen LogP contribution in [0, 0.1) is 11.8 Å². The quantitative estimate of drug-likeness (QED) is 0.777. The van der Waals surface area contributed by atoms with Crippen molar-refractivity contribution in [1.82, 2.24) is 9.80 Å². The van der Waals surface area contributed by atoms with E-state index in [1.807, 2.05) is 62.9 Å². The van der Waals surface area contributed by atoms with Gasteiger partial charge in [-0.1, -0.05) is 44.2 Å². The molecule has 2 amide bonds. The molecule has 2 N–H and O–H groups in total. The van der Waals surface area contributed by atoms with Crippen LogP contribution < -0.4 is 5.73 Å². The van der Waals surface area contributed by atoms with Gasteiger partial charge in [-0.25, -0.2) is 4.79 Å². The van der Waals surface area contributed by atoms with Crippen LogP contribution in [0.2, 0.25) is 0 Å². The monoisotopic (exact) mass is 389 g/mol. The Morgan fingerprint density at radius 2 is 1.75 bits per heavy atom. The molecule has 0 aliphatic carbocycles. The van der Waals surface area contributed by atoms with Crippen LogP contribution >= 0.6 is 0 Å². The number of hydrogen-bond acceptors (Lipinski definition) is 4. The van der Waals surface area contributed by atoms with Crippen molar-refractivity contribution in [1.29, 1.82) is 0 Å². The van der Waals surface area contributed by atoms with E-state index in [1.165, 1.54) is 0 Å². The van der Waals surface area contributed by atoms with Crippen molar-refractivity contribution in [3.8, 4) is 0 Å². The topological polar surface area (TPSA) is 75.9 Å². The van der Waals surface area contributed by atoms with Crippen molar-refractivity contribution in [2.45, 2.75) is 59.2 Å². The number of carbonyl (C=O) groups excluding carboxylic acids is 2. The molecule has 1 aliphatic heterocycles. The van der Waals surface area contributed by atoms with E-state index < -0.39 is 6.04 Å². The number of hydrogen-bond donors (Lipinski definition) is 1. The Morgan fingerprint density at radius 1 is 1.14 bits per heavy atom. The Balaban J connectivity index is 1.84. The summed E-state index contributed by atoms with van der Waals surface area (Å²) in [5, 5.41) is 0. The molecule has 28 heavy (non-hydrogen) atoms. The first-order chi connectivity index (χ1) is 13.3. The highest BCUT2D eigenvalue weighted by molar-refractivity contribution is 5.82. The van der Waals surface area contributed by atoms with Gasteiger partial charge in [0.2, 0.25) is 5.91 Å². The average Bonchev–Trinajstić information content (AvgIpc) is 2.70. The van der Waals surface area contributed by atoms with Crippen molar-refractivity contribution < 1.29 is 14.3 Å². The zero-order chi connectivity index (χ0) is 20.7. The van der Waals surface area contributed by atoms with E-state index in [-0.39, 0.29) is 30.6 Å². The maximum Gasteiger partial charge on any atom is 0.410 e. The third-order valence-electron chi connectivity index (χ3n) is 5.45. The summed E-state index contributed by atoms with van der Waals surface area (Å²) in [5.74, 6) is 0.545. The van der Waals surface area contributed by atoms with Gasteiger partial charge in [-0.05, 0) is 44.1 Å². The van der Waals surface area contributed by atoms with Gasteiger partial charge in [0, 0.05) is 25.7 Å². The van der Waals surface area contributed by atoms with Crippen molar-refractivity contribution in [2.75, 3.05) is 19.6 Å². The summed E-state index contributed by atoms with van der Waals surface area (Å²) in [6.07, 6.45) is 1.48. The minimum atomic E-state index is -0.434. The number of rotatable bonds is 7. The first kappa shape index (κ1) is 22.2. The first-order valence-corrected chi connectivity index (χ1v) is 10.3. The lowest BCUT2D eigenvalue weighted by atomic mass is 9.94. The molecular weight excluding hydrogens is 354 g/mol. The van der Waals surface area contributed by atoms with Crippen molar-refractivity contribution in [2.24, 2.45) is 17.6 Å². The van der Waals surface area contributed by atoms with E-state index >= 15 is 0 Å². The number of piperidine rings is 1. The number of nitrogens with zero attached hydrogens (tertiary/aromatic N) is 2. The molecule has 0 aromatic heterocycles. The molecular formula is C22H35N3O3. The van der Waals surface area contributed by atoms with Gasteiger partial charge in [-0.3, -0.25) is 4.79 Å². The number of carbonyl (C=O) groups is 2. The van der Waals surface area contributed by atoms with E-state index in [9.17, 15) is 9.59 Å². The van der Waals surface area contributed by atoms with Crippen LogP contribution in [0.4, 0.5) is 4.79 Å². The minimum absolute atomic E-state index is 0.0384. The lowest BCUT2D eigenvalue weighted by molar-refractivity contribution is -0.135. The molecule has 1 aromatic carbocycles. The number of ether oxygens (including phenoxy) is 1. The summed E-state index contributed by atoms with van der Waals surface area (Å²) in [7, 11) is 0. The first-order valence-electron chi connectivity index (χ1n) is 10.3. The molecule has 0 spiro atoms. The average molecular weight is 390 g/mol. The molecule has 2 rings (SSSR count). The lowest BCUT2D eigenvalue weighted by Gasteiger charge is -2.37. The third-order valence-corrected chi connectivity index (χ3v) is 5.45. The van der Waals surface area contributed by atoms with E-state index in [4.69, 9.17) is 10.5 Å². The van der Waals surface area contributed by atoms with E-state index in [2.05, 4.69) is 0 Å². The van der Waals surface area contributed by atoms with Crippen LogP contribution in [0.25, 0.3) is 0 Å². The lowest BCUT2D eigenvalue weighted by Crippen LogP contribution is -2.50. The Bertz CT molecular complexity index is 625. The molecule has 6 nitrogen and oxygen atoms in total. The molecule has 1 unspecified atom stereocenters. The van der Waals surface area contributed by atoms with Gasteiger partial charge in [0.15, 0.2) is 0 Å². The van der Waals surface area contributed by atoms with Crippen LogP contribution in [-0.4, -0.2) is 53.5 Å². The molecule has 156 valence electrons. The summed E-state index contributed by atoms with van der Waals surface area (Å²) >= 11 is 0. The molecule has 0 bridgehead atoms. The van der Waals surface area contributed by atoms with Crippen LogP contribution in [0.3, 0.4) is 0 Å². The van der Waals surface area contributed by atoms with Gasteiger partial charge >= 0.3 is 6.09 Å². The van der Waals surface area contributed by atoms with Crippen LogP contribution in [0.5, 0.6) is 0 Å². The van der Waals surface area contributed by atoms with Crippen LogP contribution in [-0.2, 0) is 16.1 Å². The highest BCUT2D eigenvalue weighted by Gasteiger charge is 2.30. The normalized spacial score (nSPS) is 16.3. The number of benzene rings is 1. The van der Waals surface area contributed by atoms with Gasteiger partial charge in [-0.15, -0.1) is 0 Å². The Morgan fingerprint density at radius 3 is 2.29 bits per heavy atom. The molecule has 1 atom stereocenters. The molecule has 1 fully saturated rings. The SMILES string of the molecule is CC(C)C(N)C(=O)N1CCC(CN(C(=O)OCc2ccccc2)C(C)C)CC1. The third kappa shape index (κ3) is 6.23. The smallest absolute Gasteiger partial charge is 0.410 e. The Hall–Kier alpha value is -2.08. The predicted molar refractivity (Wildman–Crippen MR) is 111 cm³/mol. The van der Waals surface area contributed by atoms with Crippen molar-refractivity contribution in [3.05, 3.63) is 35.9 Å². The Labute approximate surface area is 169 Å². The van der Waals surface area contributed by atoms with Crippen LogP contribution in [0.1, 0.15) is 46.1 Å². The molecule has 6 heteroatoms.